The molecule has 0 aliphatic heterocycles. The summed E-state index contributed by atoms with van der Waals surface area (Å²) in [5.74, 6) is 0. The van der Waals surface area contributed by atoms with Crippen LogP contribution in [0.15, 0.2) is 24.3 Å². The molecule has 0 saturated carbocycles. The van der Waals surface area contributed by atoms with Crippen LogP contribution in [0.1, 0.15) is 39.3 Å². The molecule has 1 rings (SSSR count). The van der Waals surface area contributed by atoms with Crippen molar-refractivity contribution in [1.29, 1.82) is 0 Å². The van der Waals surface area contributed by atoms with Gasteiger partial charge in [-0.25, -0.2) is 0 Å². The first-order valence-electron chi connectivity index (χ1n) is 5.93. The number of rotatable bonds is 5. The Bertz CT molecular complexity index is 325. The van der Waals surface area contributed by atoms with Gasteiger partial charge >= 0.3 is 107 Å². The molecule has 0 fully saturated rings. The Morgan fingerprint density at radius 3 is 2.38 bits per heavy atom. The number of hydrogen-bond acceptors (Lipinski definition) is 2. The van der Waals surface area contributed by atoms with Gasteiger partial charge in [0.1, 0.15) is 0 Å². The quantitative estimate of drug-likeness (QED) is 0.843. The van der Waals surface area contributed by atoms with Crippen molar-refractivity contribution in [3.8, 4) is 0 Å². The summed E-state index contributed by atoms with van der Waals surface area (Å²) in [4.78, 5) is 0. The topological polar surface area (TPSA) is 35.2 Å². The maximum absolute atomic E-state index is 6.12. The SMILES string of the molecule is C[CH2][Sn+]([O]C(C)C)[c]1ccccc1C(C)N. The summed E-state index contributed by atoms with van der Waals surface area (Å²) in [6.07, 6.45) is 0.329. The van der Waals surface area contributed by atoms with E-state index in [0.717, 1.165) is 0 Å². The first kappa shape index (κ1) is 14.0. The summed E-state index contributed by atoms with van der Waals surface area (Å²) in [7, 11) is 0. The second-order valence-electron chi connectivity index (χ2n) is 4.32. The molecule has 3 heteroatoms. The minimum absolute atomic E-state index is 0.106. The molecule has 0 saturated heterocycles. The van der Waals surface area contributed by atoms with Gasteiger partial charge in [0.25, 0.3) is 0 Å². The van der Waals surface area contributed by atoms with Crippen molar-refractivity contribution >= 4 is 23.8 Å². The van der Waals surface area contributed by atoms with E-state index in [4.69, 9.17) is 8.81 Å². The zero-order chi connectivity index (χ0) is 12.1. The van der Waals surface area contributed by atoms with Gasteiger partial charge in [0.2, 0.25) is 0 Å². The van der Waals surface area contributed by atoms with Crippen LogP contribution in [0.4, 0.5) is 0 Å². The van der Waals surface area contributed by atoms with E-state index in [1.54, 1.807) is 0 Å². The van der Waals surface area contributed by atoms with E-state index in [1.807, 2.05) is 6.92 Å². The summed E-state index contributed by atoms with van der Waals surface area (Å²) >= 11 is -1.91. The van der Waals surface area contributed by atoms with Crippen LogP contribution in [0.3, 0.4) is 0 Å². The van der Waals surface area contributed by atoms with E-state index in [-0.39, 0.29) is 6.04 Å². The van der Waals surface area contributed by atoms with Gasteiger partial charge in [-0.05, 0) is 0 Å². The molecule has 0 spiro atoms. The first-order chi connectivity index (χ1) is 7.56. The van der Waals surface area contributed by atoms with Gasteiger partial charge in [0.05, 0.1) is 0 Å². The Balaban J connectivity index is 2.99. The summed E-state index contributed by atoms with van der Waals surface area (Å²) in [5.41, 5.74) is 7.29. The molecule has 1 aromatic carbocycles. The summed E-state index contributed by atoms with van der Waals surface area (Å²) < 4.78 is 8.72. The second-order valence-corrected chi connectivity index (χ2v) is 11.0. The molecule has 2 nitrogen and oxygen atoms in total. The van der Waals surface area contributed by atoms with Crippen molar-refractivity contribution in [3.63, 3.8) is 0 Å². The van der Waals surface area contributed by atoms with Crippen molar-refractivity contribution in [2.75, 3.05) is 0 Å². The molecule has 0 heterocycles. The Kier molecular flexibility index (Phi) is 5.79. The third-order valence-electron chi connectivity index (χ3n) is 2.45. The summed E-state index contributed by atoms with van der Waals surface area (Å²) in [6, 6.07) is 8.61. The minimum atomic E-state index is -1.91. The zero-order valence-electron chi connectivity index (χ0n) is 10.7. The monoisotopic (exact) mass is 328 g/mol. The molecule has 1 unspecified atom stereocenters. The van der Waals surface area contributed by atoms with Gasteiger partial charge in [-0.15, -0.1) is 0 Å². The third kappa shape index (κ3) is 3.75. The summed E-state index contributed by atoms with van der Waals surface area (Å²) in [6.45, 7) is 8.51. The molecule has 2 N–H and O–H groups in total. The van der Waals surface area contributed by atoms with Crippen LogP contribution in [0.2, 0.25) is 4.44 Å². The van der Waals surface area contributed by atoms with E-state index < -0.39 is 20.2 Å². The molecule has 1 atom stereocenters. The zero-order valence-corrected chi connectivity index (χ0v) is 13.5. The van der Waals surface area contributed by atoms with Gasteiger partial charge in [-0.1, -0.05) is 0 Å². The molecule has 0 aliphatic carbocycles. The fourth-order valence-corrected chi connectivity index (χ4v) is 7.93. The predicted octanol–water partition coefficient (Wildman–Crippen LogP) is 2.35. The summed E-state index contributed by atoms with van der Waals surface area (Å²) in [5, 5.41) is 0. The van der Waals surface area contributed by atoms with Gasteiger partial charge < -0.3 is 0 Å². The average molecular weight is 327 g/mol. The Morgan fingerprint density at radius 1 is 1.25 bits per heavy atom. The predicted molar refractivity (Wildman–Crippen MR) is 71.1 cm³/mol. The van der Waals surface area contributed by atoms with Crippen molar-refractivity contribution in [1.82, 2.24) is 0 Å². The van der Waals surface area contributed by atoms with Gasteiger partial charge in [-0.2, -0.15) is 0 Å². The molecule has 0 radical (unpaired) electrons. The van der Waals surface area contributed by atoms with Crippen molar-refractivity contribution < 1.29 is 3.07 Å². The first-order valence-corrected chi connectivity index (χ1v) is 10.5. The van der Waals surface area contributed by atoms with Gasteiger partial charge in [0, 0.05) is 0 Å². The number of benzene rings is 1. The molecule has 0 bridgehead atoms. The van der Waals surface area contributed by atoms with Crippen molar-refractivity contribution in [2.45, 2.75) is 44.3 Å². The number of hydrogen-bond donors (Lipinski definition) is 1. The van der Waals surface area contributed by atoms with Crippen LogP contribution in [-0.2, 0) is 3.07 Å². The van der Waals surface area contributed by atoms with Crippen molar-refractivity contribution in [3.05, 3.63) is 29.8 Å². The normalized spacial score (nSPS) is 12.9. The fraction of sp³-hybridized carbons (Fsp3) is 0.538. The van der Waals surface area contributed by atoms with Crippen LogP contribution in [0, 0.1) is 0 Å². The molecule has 88 valence electrons. The molecule has 0 aliphatic rings. The van der Waals surface area contributed by atoms with E-state index >= 15 is 0 Å². The molecular weight excluding hydrogens is 305 g/mol. The molecule has 0 aromatic heterocycles. The standard InChI is InChI=1S/C8H10N.C3H7O.C2H5.Sn/c1-7(9)8-5-3-2-4-6-8;1-3(2)4;1-2;/h2-5,7H,9H2,1H3;3H,1-2H3;1H2,2H3;/q;-1;;+2. The molecule has 1 aromatic rings. The molecule has 16 heavy (non-hydrogen) atoms. The second kappa shape index (κ2) is 6.62. The van der Waals surface area contributed by atoms with E-state index in [0.29, 0.717) is 6.10 Å². The van der Waals surface area contributed by atoms with Gasteiger partial charge in [0.15, 0.2) is 0 Å². The van der Waals surface area contributed by atoms with E-state index in [9.17, 15) is 0 Å². The van der Waals surface area contributed by atoms with Gasteiger partial charge in [-0.3, -0.25) is 0 Å². The maximum atomic E-state index is 6.12. The van der Waals surface area contributed by atoms with Crippen LogP contribution in [0.5, 0.6) is 0 Å². The van der Waals surface area contributed by atoms with Crippen LogP contribution < -0.4 is 9.31 Å². The Morgan fingerprint density at radius 2 is 1.88 bits per heavy atom. The molecular formula is C13H22NOSn+. The van der Waals surface area contributed by atoms with Crippen LogP contribution in [0.25, 0.3) is 0 Å². The van der Waals surface area contributed by atoms with E-state index in [2.05, 4.69) is 45.0 Å². The Hall–Kier alpha value is -0.0613. The van der Waals surface area contributed by atoms with Crippen molar-refractivity contribution in [2.24, 2.45) is 5.73 Å². The average Bonchev–Trinajstić information content (AvgIpc) is 2.25. The number of nitrogens with two attached hydrogens (primary N) is 1. The fourth-order valence-electron chi connectivity index (χ4n) is 1.77. The third-order valence-corrected chi connectivity index (χ3v) is 9.46. The van der Waals surface area contributed by atoms with E-state index in [1.165, 1.54) is 13.6 Å². The molecule has 0 amide bonds. The Labute approximate surface area is 106 Å². The van der Waals surface area contributed by atoms with Crippen LogP contribution in [-0.4, -0.2) is 26.3 Å². The van der Waals surface area contributed by atoms with Crippen LogP contribution >= 0.6 is 0 Å².